The zero-order chi connectivity index (χ0) is 10.4. The van der Waals surface area contributed by atoms with Gasteiger partial charge in [-0.3, -0.25) is 4.99 Å². The van der Waals surface area contributed by atoms with E-state index in [4.69, 9.17) is 11.5 Å². The van der Waals surface area contributed by atoms with Gasteiger partial charge in [-0.25, -0.2) is 0 Å². The summed E-state index contributed by atoms with van der Waals surface area (Å²) in [6.45, 7) is 2.76. The minimum absolute atomic E-state index is 0.158. The van der Waals surface area contributed by atoms with Gasteiger partial charge >= 0.3 is 0 Å². The van der Waals surface area contributed by atoms with E-state index in [9.17, 15) is 0 Å². The van der Waals surface area contributed by atoms with Gasteiger partial charge in [0.15, 0.2) is 5.96 Å². The van der Waals surface area contributed by atoms with E-state index in [2.05, 4.69) is 16.3 Å². The fraction of sp³-hybridized carbons (Fsp3) is 0.500. The summed E-state index contributed by atoms with van der Waals surface area (Å²) in [5.41, 5.74) is 11.6. The van der Waals surface area contributed by atoms with Crippen LogP contribution in [0, 0.1) is 0 Å². The van der Waals surface area contributed by atoms with Gasteiger partial charge < -0.3 is 11.5 Å². The van der Waals surface area contributed by atoms with Gasteiger partial charge in [-0.05, 0) is 17.6 Å². The Bertz CT molecular complexity index is 280. The summed E-state index contributed by atoms with van der Waals surface area (Å²) in [6.07, 6.45) is 0. The summed E-state index contributed by atoms with van der Waals surface area (Å²) in [7, 11) is 0. The highest BCUT2D eigenvalue weighted by Crippen LogP contribution is 2.17. The molecule has 1 aromatic heterocycles. The highest BCUT2D eigenvalue weighted by molar-refractivity contribution is 7.99. The minimum atomic E-state index is 0.158. The molecule has 0 bridgehead atoms. The molecule has 6 heteroatoms. The molecule has 0 saturated heterocycles. The molecular formula is C8H14N4S2. The van der Waals surface area contributed by atoms with Crippen LogP contribution in [0.5, 0.6) is 0 Å². The first kappa shape index (κ1) is 11.3. The second-order valence-corrected chi connectivity index (χ2v) is 4.97. The second kappa shape index (κ2) is 5.87. The number of rotatable bonds is 5. The van der Waals surface area contributed by atoms with Crippen LogP contribution in [0.25, 0.3) is 0 Å². The van der Waals surface area contributed by atoms with Crippen molar-refractivity contribution in [1.29, 1.82) is 0 Å². The van der Waals surface area contributed by atoms with E-state index >= 15 is 0 Å². The molecule has 0 aromatic carbocycles. The van der Waals surface area contributed by atoms with Gasteiger partial charge in [0, 0.05) is 16.4 Å². The zero-order valence-electron chi connectivity index (χ0n) is 8.01. The normalized spacial score (nSPS) is 12.4. The van der Waals surface area contributed by atoms with Crippen LogP contribution >= 0.6 is 23.3 Å². The van der Waals surface area contributed by atoms with Crippen LogP contribution in [0.15, 0.2) is 16.4 Å². The van der Waals surface area contributed by atoms with Crippen LogP contribution in [0.3, 0.4) is 0 Å². The molecule has 4 N–H and O–H groups in total. The predicted octanol–water partition coefficient (Wildman–Crippen LogP) is 1.04. The molecule has 1 aromatic rings. The van der Waals surface area contributed by atoms with Crippen molar-refractivity contribution in [2.24, 2.45) is 16.5 Å². The number of hydrogen-bond acceptors (Lipinski definition) is 4. The van der Waals surface area contributed by atoms with E-state index in [1.54, 1.807) is 11.8 Å². The summed E-state index contributed by atoms with van der Waals surface area (Å²) in [5.74, 6) is 1.08. The molecule has 0 spiro atoms. The van der Waals surface area contributed by atoms with Crippen molar-refractivity contribution in [1.82, 2.24) is 4.37 Å². The maximum atomic E-state index is 5.24. The van der Waals surface area contributed by atoms with Gasteiger partial charge in [-0.1, -0.05) is 6.92 Å². The van der Waals surface area contributed by atoms with E-state index in [1.807, 2.05) is 11.4 Å². The Morgan fingerprint density at radius 3 is 3.07 bits per heavy atom. The Morgan fingerprint density at radius 1 is 1.71 bits per heavy atom. The molecule has 0 amide bonds. The van der Waals surface area contributed by atoms with Crippen molar-refractivity contribution < 1.29 is 0 Å². The first-order valence-corrected chi connectivity index (χ1v) is 6.13. The molecular weight excluding hydrogens is 216 g/mol. The Labute approximate surface area is 92.0 Å². The Kier molecular flexibility index (Phi) is 4.75. The third kappa shape index (κ3) is 4.48. The van der Waals surface area contributed by atoms with Crippen molar-refractivity contribution in [3.05, 3.63) is 17.1 Å². The van der Waals surface area contributed by atoms with Crippen LogP contribution in [0.2, 0.25) is 0 Å². The standard InChI is InChI=1S/C8H14N4S2/c1-6(4-11-8(9)10)13-5-7-2-3-14-12-7/h2-3,6H,4-5H2,1H3,(H4,9,10,11). The monoisotopic (exact) mass is 230 g/mol. The molecule has 0 aliphatic carbocycles. The molecule has 1 rings (SSSR count). The van der Waals surface area contributed by atoms with Gasteiger partial charge in [0.05, 0.1) is 12.2 Å². The maximum absolute atomic E-state index is 5.24. The van der Waals surface area contributed by atoms with Gasteiger partial charge in [0.25, 0.3) is 0 Å². The molecule has 1 heterocycles. The highest BCUT2D eigenvalue weighted by Gasteiger charge is 2.03. The molecule has 14 heavy (non-hydrogen) atoms. The van der Waals surface area contributed by atoms with Crippen LogP contribution in [-0.2, 0) is 5.75 Å². The molecule has 0 saturated carbocycles. The SMILES string of the molecule is CC(CN=C(N)N)SCc1ccsn1. The van der Waals surface area contributed by atoms with Gasteiger partial charge in [-0.15, -0.1) is 0 Å². The van der Waals surface area contributed by atoms with E-state index in [-0.39, 0.29) is 5.96 Å². The maximum Gasteiger partial charge on any atom is 0.185 e. The molecule has 1 atom stereocenters. The minimum Gasteiger partial charge on any atom is -0.370 e. The number of nitrogens with two attached hydrogens (primary N) is 2. The molecule has 0 fully saturated rings. The van der Waals surface area contributed by atoms with Gasteiger partial charge in [0.1, 0.15) is 0 Å². The lowest BCUT2D eigenvalue weighted by atomic mass is 10.5. The Morgan fingerprint density at radius 2 is 2.50 bits per heavy atom. The summed E-state index contributed by atoms with van der Waals surface area (Å²) >= 11 is 3.28. The van der Waals surface area contributed by atoms with Crippen molar-refractivity contribution in [2.45, 2.75) is 17.9 Å². The average Bonchev–Trinajstić information content (AvgIpc) is 2.63. The van der Waals surface area contributed by atoms with E-state index < -0.39 is 0 Å². The molecule has 1 unspecified atom stereocenters. The summed E-state index contributed by atoms with van der Waals surface area (Å²) in [6, 6.07) is 2.03. The van der Waals surface area contributed by atoms with E-state index in [0.29, 0.717) is 11.8 Å². The third-order valence-electron chi connectivity index (χ3n) is 1.54. The second-order valence-electron chi connectivity index (χ2n) is 2.88. The van der Waals surface area contributed by atoms with Crippen molar-refractivity contribution in [3.63, 3.8) is 0 Å². The van der Waals surface area contributed by atoms with Crippen molar-refractivity contribution >= 4 is 29.3 Å². The smallest absolute Gasteiger partial charge is 0.185 e. The molecule has 78 valence electrons. The van der Waals surface area contributed by atoms with Gasteiger partial charge in [0.2, 0.25) is 0 Å². The molecule has 4 nitrogen and oxygen atoms in total. The van der Waals surface area contributed by atoms with E-state index in [0.717, 1.165) is 11.4 Å². The molecule has 0 aliphatic rings. The predicted molar refractivity (Wildman–Crippen MR) is 63.5 cm³/mol. The molecule has 0 radical (unpaired) electrons. The Hall–Kier alpha value is -0.750. The number of guanidine groups is 1. The highest BCUT2D eigenvalue weighted by atomic mass is 32.2. The third-order valence-corrected chi connectivity index (χ3v) is 3.32. The lowest BCUT2D eigenvalue weighted by Gasteiger charge is -2.06. The number of aliphatic imine (C=N–C) groups is 1. The van der Waals surface area contributed by atoms with Crippen molar-refractivity contribution in [3.8, 4) is 0 Å². The van der Waals surface area contributed by atoms with Gasteiger partial charge in [-0.2, -0.15) is 16.1 Å². The van der Waals surface area contributed by atoms with Crippen LogP contribution in [0.1, 0.15) is 12.6 Å². The van der Waals surface area contributed by atoms with E-state index in [1.165, 1.54) is 11.5 Å². The number of nitrogens with zero attached hydrogens (tertiary/aromatic N) is 2. The largest absolute Gasteiger partial charge is 0.370 e. The fourth-order valence-corrected chi connectivity index (χ4v) is 2.24. The number of aromatic nitrogens is 1. The quantitative estimate of drug-likeness (QED) is 0.585. The number of hydrogen-bond donors (Lipinski definition) is 2. The summed E-state index contributed by atoms with van der Waals surface area (Å²) in [4.78, 5) is 3.96. The van der Waals surface area contributed by atoms with Crippen LogP contribution < -0.4 is 11.5 Å². The van der Waals surface area contributed by atoms with Crippen LogP contribution in [0.4, 0.5) is 0 Å². The summed E-state index contributed by atoms with van der Waals surface area (Å²) < 4.78 is 4.22. The lowest BCUT2D eigenvalue weighted by Crippen LogP contribution is -2.24. The molecule has 0 aliphatic heterocycles. The first-order valence-electron chi connectivity index (χ1n) is 4.24. The fourth-order valence-electron chi connectivity index (χ4n) is 0.826. The average molecular weight is 230 g/mol. The lowest BCUT2D eigenvalue weighted by molar-refractivity contribution is 0.944. The summed E-state index contributed by atoms with van der Waals surface area (Å²) in [5, 5.41) is 2.40. The Balaban J connectivity index is 2.21. The topological polar surface area (TPSA) is 77.3 Å². The first-order chi connectivity index (χ1) is 6.68. The zero-order valence-corrected chi connectivity index (χ0v) is 9.64. The van der Waals surface area contributed by atoms with Crippen LogP contribution in [-0.4, -0.2) is 22.1 Å². The number of thioether (sulfide) groups is 1. The van der Waals surface area contributed by atoms with Crippen molar-refractivity contribution in [2.75, 3.05) is 6.54 Å².